The standard InChI is InChI=1S/C21H30ClN3O2/c1-24(18-4-2-3-5-18)13-21(26)23-17-10-19-14-27-20(12-25(19)11-17)15-6-8-16(22)9-7-15/h6-9,17-20H,2-5,10-14H2,1H3,(H,23,26)/t17-,19+,20-/m1/s1. The topological polar surface area (TPSA) is 44.8 Å². The summed E-state index contributed by atoms with van der Waals surface area (Å²) in [5.41, 5.74) is 1.17. The van der Waals surface area contributed by atoms with Crippen molar-refractivity contribution in [2.24, 2.45) is 0 Å². The Labute approximate surface area is 167 Å². The van der Waals surface area contributed by atoms with Crippen LogP contribution in [0.1, 0.15) is 43.8 Å². The summed E-state index contributed by atoms with van der Waals surface area (Å²) in [7, 11) is 2.08. The number of nitrogens with zero attached hydrogens (tertiary/aromatic N) is 2. The van der Waals surface area contributed by atoms with Crippen LogP contribution < -0.4 is 5.32 Å². The number of amides is 1. The lowest BCUT2D eigenvalue weighted by atomic mass is 10.1. The molecule has 4 rings (SSSR count). The molecule has 1 amide bonds. The lowest BCUT2D eigenvalue weighted by molar-refractivity contribution is -0.123. The third kappa shape index (κ3) is 4.65. The van der Waals surface area contributed by atoms with Crippen molar-refractivity contribution in [3.63, 3.8) is 0 Å². The Balaban J connectivity index is 1.27. The molecule has 0 bridgehead atoms. The van der Waals surface area contributed by atoms with Gasteiger partial charge in [0.2, 0.25) is 5.91 Å². The maximum atomic E-state index is 12.5. The molecule has 5 nitrogen and oxygen atoms in total. The van der Waals surface area contributed by atoms with E-state index in [4.69, 9.17) is 16.3 Å². The number of rotatable bonds is 5. The van der Waals surface area contributed by atoms with Gasteiger partial charge in [-0.2, -0.15) is 0 Å². The molecule has 1 aromatic carbocycles. The smallest absolute Gasteiger partial charge is 0.234 e. The monoisotopic (exact) mass is 391 g/mol. The van der Waals surface area contributed by atoms with Crippen LogP contribution in [0.4, 0.5) is 0 Å². The Morgan fingerprint density at radius 2 is 2.00 bits per heavy atom. The highest BCUT2D eigenvalue weighted by atomic mass is 35.5. The van der Waals surface area contributed by atoms with Gasteiger partial charge in [-0.25, -0.2) is 0 Å². The summed E-state index contributed by atoms with van der Waals surface area (Å²) in [6.07, 6.45) is 6.11. The highest BCUT2D eigenvalue weighted by Crippen LogP contribution is 2.31. The lowest BCUT2D eigenvalue weighted by Crippen LogP contribution is -2.45. The minimum absolute atomic E-state index is 0.0847. The largest absolute Gasteiger partial charge is 0.371 e. The molecule has 6 heteroatoms. The minimum atomic E-state index is 0.0847. The molecule has 0 radical (unpaired) electrons. The van der Waals surface area contributed by atoms with E-state index in [1.54, 1.807) is 0 Å². The number of benzene rings is 1. The summed E-state index contributed by atoms with van der Waals surface area (Å²) in [6.45, 7) is 3.02. The first kappa shape index (κ1) is 19.2. The number of morpholine rings is 1. The lowest BCUT2D eigenvalue weighted by Gasteiger charge is -2.35. The van der Waals surface area contributed by atoms with Gasteiger partial charge in [0.05, 0.1) is 19.3 Å². The summed E-state index contributed by atoms with van der Waals surface area (Å²) in [4.78, 5) is 17.2. The van der Waals surface area contributed by atoms with Crippen molar-refractivity contribution >= 4 is 17.5 Å². The Morgan fingerprint density at radius 1 is 1.26 bits per heavy atom. The number of halogens is 1. The quantitative estimate of drug-likeness (QED) is 0.838. The number of carbonyl (C=O) groups is 1. The summed E-state index contributed by atoms with van der Waals surface area (Å²) in [5, 5.41) is 4.01. The van der Waals surface area contributed by atoms with Gasteiger partial charge in [-0.1, -0.05) is 36.6 Å². The molecular weight excluding hydrogens is 362 g/mol. The molecule has 3 atom stereocenters. The molecule has 3 fully saturated rings. The summed E-state index contributed by atoms with van der Waals surface area (Å²) < 4.78 is 6.10. The summed E-state index contributed by atoms with van der Waals surface area (Å²) >= 11 is 5.99. The molecule has 1 aliphatic carbocycles. The fourth-order valence-corrected chi connectivity index (χ4v) is 4.96. The van der Waals surface area contributed by atoms with Gasteiger partial charge in [-0.15, -0.1) is 0 Å². The SMILES string of the molecule is CN(CC(=O)N[C@@H]1C[C@H]2CO[C@@H](c3ccc(Cl)cc3)CN2C1)C1CCCC1. The zero-order valence-electron chi connectivity index (χ0n) is 16.1. The Morgan fingerprint density at radius 3 is 2.74 bits per heavy atom. The Bertz CT molecular complexity index is 647. The maximum absolute atomic E-state index is 12.5. The van der Waals surface area contributed by atoms with Crippen molar-refractivity contribution < 1.29 is 9.53 Å². The van der Waals surface area contributed by atoms with Crippen molar-refractivity contribution in [2.75, 3.05) is 33.3 Å². The minimum Gasteiger partial charge on any atom is -0.371 e. The second kappa shape index (κ2) is 8.48. The van der Waals surface area contributed by atoms with Gasteiger partial charge < -0.3 is 10.1 Å². The van der Waals surface area contributed by atoms with Gasteiger partial charge in [-0.3, -0.25) is 14.6 Å². The van der Waals surface area contributed by atoms with E-state index in [2.05, 4.69) is 22.2 Å². The molecule has 0 aromatic heterocycles. The van der Waals surface area contributed by atoms with Crippen LogP contribution in [0.3, 0.4) is 0 Å². The van der Waals surface area contributed by atoms with Crippen molar-refractivity contribution in [2.45, 2.75) is 56.3 Å². The van der Waals surface area contributed by atoms with E-state index >= 15 is 0 Å². The molecule has 1 aromatic rings. The van der Waals surface area contributed by atoms with Crippen LogP contribution in [0.25, 0.3) is 0 Å². The van der Waals surface area contributed by atoms with E-state index < -0.39 is 0 Å². The number of hydrogen-bond acceptors (Lipinski definition) is 4. The van der Waals surface area contributed by atoms with Gasteiger partial charge in [-0.05, 0) is 44.0 Å². The second-order valence-electron chi connectivity index (χ2n) is 8.33. The van der Waals surface area contributed by atoms with Gasteiger partial charge >= 0.3 is 0 Å². The Hall–Kier alpha value is -1.14. The van der Waals surface area contributed by atoms with Crippen LogP contribution in [-0.2, 0) is 9.53 Å². The van der Waals surface area contributed by atoms with Gasteiger partial charge in [0, 0.05) is 36.2 Å². The van der Waals surface area contributed by atoms with Crippen LogP contribution in [-0.4, -0.2) is 67.1 Å². The second-order valence-corrected chi connectivity index (χ2v) is 8.77. The molecule has 1 saturated carbocycles. The average molecular weight is 392 g/mol. The van der Waals surface area contributed by atoms with Crippen molar-refractivity contribution in [1.29, 1.82) is 0 Å². The summed E-state index contributed by atoms with van der Waals surface area (Å²) in [6, 6.07) is 9.14. The van der Waals surface area contributed by atoms with E-state index in [1.807, 2.05) is 24.3 Å². The van der Waals surface area contributed by atoms with E-state index in [0.29, 0.717) is 18.6 Å². The molecule has 2 saturated heterocycles. The fourth-order valence-electron chi connectivity index (χ4n) is 4.83. The van der Waals surface area contributed by atoms with Crippen LogP contribution in [0.5, 0.6) is 0 Å². The molecular formula is C21H30ClN3O2. The predicted octanol–water partition coefficient (Wildman–Crippen LogP) is 2.84. The van der Waals surface area contributed by atoms with E-state index in [9.17, 15) is 4.79 Å². The van der Waals surface area contributed by atoms with E-state index in [1.165, 1.54) is 31.2 Å². The Kier molecular flexibility index (Phi) is 6.02. The van der Waals surface area contributed by atoms with Crippen LogP contribution >= 0.6 is 11.6 Å². The molecule has 0 spiro atoms. The third-order valence-corrected chi connectivity index (χ3v) is 6.62. The molecule has 2 aliphatic heterocycles. The molecule has 0 unspecified atom stereocenters. The highest BCUT2D eigenvalue weighted by molar-refractivity contribution is 6.30. The van der Waals surface area contributed by atoms with Crippen molar-refractivity contribution in [1.82, 2.24) is 15.1 Å². The van der Waals surface area contributed by atoms with E-state index in [0.717, 1.165) is 31.1 Å². The van der Waals surface area contributed by atoms with Crippen molar-refractivity contribution in [3.05, 3.63) is 34.9 Å². The third-order valence-electron chi connectivity index (χ3n) is 6.37. The van der Waals surface area contributed by atoms with Gasteiger partial charge in [0.25, 0.3) is 0 Å². The fraction of sp³-hybridized carbons (Fsp3) is 0.667. The first-order valence-corrected chi connectivity index (χ1v) is 10.6. The number of ether oxygens (including phenoxy) is 1. The van der Waals surface area contributed by atoms with Gasteiger partial charge in [0.1, 0.15) is 0 Å². The number of fused-ring (bicyclic) bond motifs is 1. The zero-order chi connectivity index (χ0) is 18.8. The van der Waals surface area contributed by atoms with Crippen LogP contribution in [0.2, 0.25) is 5.02 Å². The molecule has 27 heavy (non-hydrogen) atoms. The van der Waals surface area contributed by atoms with Crippen LogP contribution in [0.15, 0.2) is 24.3 Å². The maximum Gasteiger partial charge on any atom is 0.234 e. The number of hydrogen-bond donors (Lipinski definition) is 1. The molecule has 2 heterocycles. The molecule has 3 aliphatic rings. The first-order valence-electron chi connectivity index (χ1n) is 10.2. The average Bonchev–Trinajstić information content (AvgIpc) is 3.31. The van der Waals surface area contributed by atoms with Crippen LogP contribution in [0, 0.1) is 0 Å². The zero-order valence-corrected chi connectivity index (χ0v) is 16.8. The molecule has 1 N–H and O–H groups in total. The van der Waals surface area contributed by atoms with Gasteiger partial charge in [0.15, 0.2) is 0 Å². The normalized spacial score (nSPS) is 29.2. The highest BCUT2D eigenvalue weighted by Gasteiger charge is 2.38. The van der Waals surface area contributed by atoms with Crippen molar-refractivity contribution in [3.8, 4) is 0 Å². The van der Waals surface area contributed by atoms with E-state index in [-0.39, 0.29) is 18.1 Å². The number of likely N-dealkylation sites (N-methyl/N-ethyl adjacent to an activating group) is 1. The number of nitrogens with one attached hydrogen (secondary N) is 1. The summed E-state index contributed by atoms with van der Waals surface area (Å²) in [5.74, 6) is 0.157. The number of carbonyl (C=O) groups excluding carboxylic acids is 1. The molecule has 148 valence electrons. The first-order chi connectivity index (χ1) is 13.1. The predicted molar refractivity (Wildman–Crippen MR) is 107 cm³/mol.